The number of thiophene rings is 1. The van der Waals surface area contributed by atoms with E-state index >= 15 is 0 Å². The number of carbonyl (C=O) groups excluding carboxylic acids is 1. The molecule has 0 saturated carbocycles. The van der Waals surface area contributed by atoms with Crippen LogP contribution in [0.5, 0.6) is 0 Å². The molecule has 112 valence electrons. The van der Waals surface area contributed by atoms with Gasteiger partial charge in [-0.1, -0.05) is 0 Å². The molecule has 0 fully saturated rings. The molecule has 7 heteroatoms. The van der Waals surface area contributed by atoms with E-state index in [1.54, 1.807) is 36.4 Å². The second-order valence-corrected chi connectivity index (χ2v) is 8.05. The van der Waals surface area contributed by atoms with Crippen LogP contribution in [0.1, 0.15) is 11.8 Å². The summed E-state index contributed by atoms with van der Waals surface area (Å²) in [5.74, 6) is -0.169. The number of amides is 1. The maximum atomic E-state index is 12.5. The Morgan fingerprint density at radius 1 is 1.14 bits per heavy atom. The lowest BCUT2D eigenvalue weighted by atomic mass is 10.3. The van der Waals surface area contributed by atoms with Gasteiger partial charge in [0, 0.05) is 24.5 Å². The Balaban J connectivity index is 2.27. The molecular weight excluding hydrogens is 308 g/mol. The fourth-order valence-electron chi connectivity index (χ4n) is 1.78. The van der Waals surface area contributed by atoms with Crippen LogP contribution in [-0.2, 0) is 14.8 Å². The van der Waals surface area contributed by atoms with Gasteiger partial charge in [-0.05, 0) is 43.3 Å². The van der Waals surface area contributed by atoms with E-state index in [1.165, 1.54) is 29.6 Å². The monoisotopic (exact) mass is 324 g/mol. The van der Waals surface area contributed by atoms with E-state index in [0.29, 0.717) is 15.6 Å². The molecule has 21 heavy (non-hydrogen) atoms. The molecule has 0 aliphatic heterocycles. The largest absolute Gasteiger partial charge is 0.326 e. The molecule has 1 heterocycles. The fraction of sp³-hybridized carbons (Fsp3) is 0.214. The molecule has 5 nitrogen and oxygen atoms in total. The Hall–Kier alpha value is -1.86. The van der Waals surface area contributed by atoms with E-state index in [9.17, 15) is 13.2 Å². The number of rotatable bonds is 4. The lowest BCUT2D eigenvalue weighted by Gasteiger charge is -2.18. The van der Waals surface area contributed by atoms with Gasteiger partial charge >= 0.3 is 0 Å². The van der Waals surface area contributed by atoms with Crippen LogP contribution in [0, 0.1) is 6.92 Å². The van der Waals surface area contributed by atoms with Gasteiger partial charge in [0.15, 0.2) is 0 Å². The summed E-state index contributed by atoms with van der Waals surface area (Å²) in [6.07, 6.45) is 0. The van der Waals surface area contributed by atoms with Gasteiger partial charge in [0.1, 0.15) is 4.21 Å². The normalized spacial score (nSPS) is 11.2. The van der Waals surface area contributed by atoms with Crippen molar-refractivity contribution in [3.63, 3.8) is 0 Å². The van der Waals surface area contributed by atoms with E-state index in [-0.39, 0.29) is 5.91 Å². The molecule has 0 bridgehead atoms. The van der Waals surface area contributed by atoms with Crippen molar-refractivity contribution >= 4 is 38.6 Å². The van der Waals surface area contributed by atoms with Gasteiger partial charge in [-0.2, -0.15) is 0 Å². The third-order valence-electron chi connectivity index (χ3n) is 2.88. The number of hydrogen-bond acceptors (Lipinski definition) is 4. The molecule has 1 aromatic carbocycles. The summed E-state index contributed by atoms with van der Waals surface area (Å²) in [6.45, 7) is 3.29. The van der Waals surface area contributed by atoms with Gasteiger partial charge in [0.25, 0.3) is 10.0 Å². The number of carbonyl (C=O) groups is 1. The summed E-state index contributed by atoms with van der Waals surface area (Å²) >= 11 is 1.24. The lowest BCUT2D eigenvalue weighted by molar-refractivity contribution is -0.114. The van der Waals surface area contributed by atoms with Crippen molar-refractivity contribution in [2.45, 2.75) is 18.1 Å². The number of sulfonamides is 1. The van der Waals surface area contributed by atoms with Gasteiger partial charge in [0.2, 0.25) is 5.91 Å². The second kappa shape index (κ2) is 5.87. The Bertz CT molecular complexity index is 749. The van der Waals surface area contributed by atoms with Gasteiger partial charge in [-0.3, -0.25) is 9.10 Å². The standard InChI is InChI=1S/C14H16N2O3S2/c1-10-4-9-14(20-10)21(18,19)16(3)13-7-5-12(6-8-13)15-11(2)17/h4-9H,1-3H3,(H,15,17). The van der Waals surface area contributed by atoms with Crippen molar-refractivity contribution in [1.82, 2.24) is 0 Å². The van der Waals surface area contributed by atoms with Crippen LogP contribution in [0.15, 0.2) is 40.6 Å². The molecule has 0 atom stereocenters. The third-order valence-corrected chi connectivity index (χ3v) is 6.14. The summed E-state index contributed by atoms with van der Waals surface area (Å²) < 4.78 is 26.5. The first-order valence-electron chi connectivity index (χ1n) is 6.24. The van der Waals surface area contributed by atoms with Crippen LogP contribution in [0.4, 0.5) is 11.4 Å². The molecule has 2 aromatic rings. The zero-order valence-corrected chi connectivity index (χ0v) is 13.6. The van der Waals surface area contributed by atoms with Crippen LogP contribution in [0.2, 0.25) is 0 Å². The lowest BCUT2D eigenvalue weighted by Crippen LogP contribution is -2.25. The predicted octanol–water partition coefficient (Wildman–Crippen LogP) is 2.84. The Kier molecular flexibility index (Phi) is 4.34. The van der Waals surface area contributed by atoms with Crippen molar-refractivity contribution in [1.29, 1.82) is 0 Å². The molecule has 1 amide bonds. The quantitative estimate of drug-likeness (QED) is 0.940. The van der Waals surface area contributed by atoms with E-state index in [4.69, 9.17) is 0 Å². The van der Waals surface area contributed by atoms with Crippen molar-refractivity contribution in [2.24, 2.45) is 0 Å². The predicted molar refractivity (Wildman–Crippen MR) is 85.4 cm³/mol. The molecule has 0 aliphatic carbocycles. The minimum absolute atomic E-state index is 0.169. The van der Waals surface area contributed by atoms with Gasteiger partial charge in [0.05, 0.1) is 5.69 Å². The number of anilines is 2. The molecule has 0 unspecified atom stereocenters. The smallest absolute Gasteiger partial charge is 0.273 e. The summed E-state index contributed by atoms with van der Waals surface area (Å²) in [5, 5.41) is 2.64. The van der Waals surface area contributed by atoms with E-state index in [0.717, 1.165) is 4.88 Å². The summed E-state index contributed by atoms with van der Waals surface area (Å²) in [6, 6.07) is 10.0. The van der Waals surface area contributed by atoms with Crippen molar-refractivity contribution in [3.05, 3.63) is 41.3 Å². The SMILES string of the molecule is CC(=O)Nc1ccc(N(C)S(=O)(=O)c2ccc(C)s2)cc1. The minimum atomic E-state index is -3.54. The van der Waals surface area contributed by atoms with Crippen LogP contribution in [0.25, 0.3) is 0 Å². The maximum absolute atomic E-state index is 12.5. The zero-order valence-electron chi connectivity index (χ0n) is 12.0. The van der Waals surface area contributed by atoms with Gasteiger partial charge in [-0.25, -0.2) is 8.42 Å². The molecule has 0 saturated heterocycles. The van der Waals surface area contributed by atoms with Crippen molar-refractivity contribution < 1.29 is 13.2 Å². The zero-order chi connectivity index (χ0) is 15.6. The fourth-order valence-corrected chi connectivity index (χ4v) is 4.43. The highest BCUT2D eigenvalue weighted by Crippen LogP contribution is 2.27. The summed E-state index contributed by atoms with van der Waals surface area (Å²) in [7, 11) is -2.03. The Labute approximate surface area is 128 Å². The third kappa shape index (κ3) is 3.43. The maximum Gasteiger partial charge on any atom is 0.273 e. The molecule has 1 N–H and O–H groups in total. The highest BCUT2D eigenvalue weighted by atomic mass is 32.2. The number of nitrogens with one attached hydrogen (secondary N) is 1. The average Bonchev–Trinajstić information content (AvgIpc) is 2.85. The minimum Gasteiger partial charge on any atom is -0.326 e. The number of aryl methyl sites for hydroxylation is 1. The molecule has 1 aromatic heterocycles. The first-order chi connectivity index (χ1) is 9.80. The summed E-state index contributed by atoms with van der Waals surface area (Å²) in [4.78, 5) is 11.9. The van der Waals surface area contributed by atoms with E-state index in [2.05, 4.69) is 5.32 Å². The first-order valence-corrected chi connectivity index (χ1v) is 8.49. The molecular formula is C14H16N2O3S2. The van der Waals surface area contributed by atoms with E-state index in [1.807, 2.05) is 6.92 Å². The Morgan fingerprint density at radius 3 is 2.24 bits per heavy atom. The Morgan fingerprint density at radius 2 is 1.76 bits per heavy atom. The molecule has 2 rings (SSSR count). The molecule has 0 aliphatic rings. The average molecular weight is 324 g/mol. The van der Waals surface area contributed by atoms with Crippen LogP contribution in [-0.4, -0.2) is 21.4 Å². The van der Waals surface area contributed by atoms with Crippen LogP contribution >= 0.6 is 11.3 Å². The molecule has 0 radical (unpaired) electrons. The first kappa shape index (κ1) is 15.5. The second-order valence-electron chi connectivity index (χ2n) is 4.57. The summed E-state index contributed by atoms with van der Waals surface area (Å²) in [5.41, 5.74) is 1.17. The highest BCUT2D eigenvalue weighted by molar-refractivity contribution is 7.94. The highest BCUT2D eigenvalue weighted by Gasteiger charge is 2.22. The van der Waals surface area contributed by atoms with Gasteiger partial charge < -0.3 is 5.32 Å². The van der Waals surface area contributed by atoms with E-state index < -0.39 is 10.0 Å². The van der Waals surface area contributed by atoms with Crippen molar-refractivity contribution in [3.8, 4) is 0 Å². The molecule has 0 spiro atoms. The van der Waals surface area contributed by atoms with Crippen LogP contribution < -0.4 is 9.62 Å². The number of benzene rings is 1. The van der Waals surface area contributed by atoms with Gasteiger partial charge in [-0.15, -0.1) is 11.3 Å². The topological polar surface area (TPSA) is 66.5 Å². The number of hydrogen-bond donors (Lipinski definition) is 1. The van der Waals surface area contributed by atoms with Crippen molar-refractivity contribution in [2.75, 3.05) is 16.7 Å². The van der Waals surface area contributed by atoms with Crippen LogP contribution in [0.3, 0.4) is 0 Å². The number of nitrogens with zero attached hydrogens (tertiary/aromatic N) is 1.